The van der Waals surface area contributed by atoms with E-state index >= 15 is 0 Å². The molecule has 39 heavy (non-hydrogen) atoms. The summed E-state index contributed by atoms with van der Waals surface area (Å²) in [5.41, 5.74) is 11.6. The number of carbonyl (C=O) groups excluding carboxylic acids is 4. The molecule has 0 aliphatic heterocycles. The van der Waals surface area contributed by atoms with Crippen LogP contribution in [0.1, 0.15) is 112 Å². The van der Waals surface area contributed by atoms with Gasteiger partial charge in [-0.1, -0.05) is 27.7 Å². The fraction of sp³-hybridized carbons (Fsp3) is 0.875. The van der Waals surface area contributed by atoms with Gasteiger partial charge in [0.15, 0.2) is 0 Å². The molecule has 0 radical (unpaired) electrons. The lowest BCUT2D eigenvalue weighted by molar-refractivity contribution is -0.169. The Labute approximate surface area is 234 Å². The summed E-state index contributed by atoms with van der Waals surface area (Å²) in [5.74, 6) is 1.66. The molecule has 4 aliphatic carbocycles. The number of fused-ring (bicyclic) bond motifs is 5. The molecular formula is C32H52N2O5. The second-order valence-corrected chi connectivity index (χ2v) is 14.4. The van der Waals surface area contributed by atoms with E-state index < -0.39 is 17.9 Å². The van der Waals surface area contributed by atoms with Crippen LogP contribution in [0.15, 0.2) is 0 Å². The van der Waals surface area contributed by atoms with Crippen LogP contribution in [0, 0.1) is 52.3 Å². The minimum atomic E-state index is -0.792. The molecule has 0 saturated heterocycles. The lowest BCUT2D eigenvalue weighted by Gasteiger charge is -2.61. The Hall–Kier alpha value is -1.76. The van der Waals surface area contributed by atoms with Crippen LogP contribution >= 0.6 is 0 Å². The minimum Gasteiger partial charge on any atom is -0.462 e. The zero-order valence-electron chi connectivity index (χ0n) is 24.9. The van der Waals surface area contributed by atoms with Gasteiger partial charge in [-0.3, -0.25) is 19.2 Å². The highest BCUT2D eigenvalue weighted by Crippen LogP contribution is 2.67. The lowest BCUT2D eigenvalue weighted by atomic mass is 9.44. The first kappa shape index (κ1) is 30.2. The topological polar surface area (TPSA) is 130 Å². The summed E-state index contributed by atoms with van der Waals surface area (Å²) in [7, 11) is 0. The maximum Gasteiger partial charge on any atom is 0.309 e. The van der Waals surface area contributed by atoms with Crippen molar-refractivity contribution in [1.82, 2.24) is 0 Å². The molecule has 0 aromatic carbocycles. The highest BCUT2D eigenvalue weighted by atomic mass is 16.5. The lowest BCUT2D eigenvalue weighted by Crippen LogP contribution is -2.54. The zero-order chi connectivity index (χ0) is 28.7. The maximum atomic E-state index is 13.3. The van der Waals surface area contributed by atoms with E-state index in [4.69, 9.17) is 16.2 Å². The summed E-state index contributed by atoms with van der Waals surface area (Å²) in [6.45, 7) is 10.6. The normalized spacial score (nSPS) is 39.2. The molecule has 7 nitrogen and oxygen atoms in total. The number of nitrogens with two attached hydrogens (primary N) is 2. The molecule has 0 bridgehead atoms. The third-order valence-corrected chi connectivity index (χ3v) is 12.0. The fourth-order valence-electron chi connectivity index (χ4n) is 9.66. The summed E-state index contributed by atoms with van der Waals surface area (Å²) >= 11 is 0. The van der Waals surface area contributed by atoms with Crippen LogP contribution in [0.2, 0.25) is 0 Å². The molecule has 4 saturated carbocycles. The Morgan fingerprint density at radius 2 is 1.59 bits per heavy atom. The van der Waals surface area contributed by atoms with Crippen molar-refractivity contribution in [1.29, 1.82) is 0 Å². The monoisotopic (exact) mass is 544 g/mol. The molecule has 10 atom stereocenters. The smallest absolute Gasteiger partial charge is 0.309 e. The number of esters is 1. The van der Waals surface area contributed by atoms with Crippen molar-refractivity contribution in [3.05, 3.63) is 0 Å². The van der Waals surface area contributed by atoms with E-state index in [0.29, 0.717) is 29.5 Å². The number of primary amides is 1. The van der Waals surface area contributed by atoms with Crippen molar-refractivity contribution in [3.8, 4) is 0 Å². The van der Waals surface area contributed by atoms with Gasteiger partial charge in [0.05, 0.1) is 12.0 Å². The van der Waals surface area contributed by atoms with Crippen LogP contribution in [0.3, 0.4) is 0 Å². The molecule has 1 amide bonds. The van der Waals surface area contributed by atoms with Gasteiger partial charge in [-0.05, 0) is 112 Å². The van der Waals surface area contributed by atoms with Gasteiger partial charge in [-0.25, -0.2) is 0 Å². The van der Waals surface area contributed by atoms with Gasteiger partial charge in [0, 0.05) is 18.8 Å². The van der Waals surface area contributed by atoms with Gasteiger partial charge in [0.25, 0.3) is 0 Å². The summed E-state index contributed by atoms with van der Waals surface area (Å²) in [4.78, 5) is 49.5. The van der Waals surface area contributed by atoms with Crippen molar-refractivity contribution >= 4 is 23.4 Å². The van der Waals surface area contributed by atoms with E-state index in [9.17, 15) is 19.2 Å². The SMILES string of the molecule is CC(=O)[C@H]1CC[C@H]2[C@@H]3CC[C@H]4CC(OC(=O)C(CC(=O)[C@@H](N)CCC(N)=O)C(C)C)CC[C@]4(C)[C@H]3CC[C@]12C. The number of ketones is 2. The third-order valence-electron chi connectivity index (χ3n) is 12.0. The van der Waals surface area contributed by atoms with E-state index in [1.807, 2.05) is 13.8 Å². The predicted octanol–water partition coefficient (Wildman–Crippen LogP) is 4.97. The molecule has 4 rings (SSSR count). The Kier molecular flexibility index (Phi) is 9.00. The van der Waals surface area contributed by atoms with E-state index in [1.165, 1.54) is 25.7 Å². The number of hydrogen-bond donors (Lipinski definition) is 2. The van der Waals surface area contributed by atoms with Gasteiger partial charge in [0.2, 0.25) is 5.91 Å². The summed E-state index contributed by atoms with van der Waals surface area (Å²) < 4.78 is 6.11. The molecule has 7 heteroatoms. The Balaban J connectivity index is 1.36. The van der Waals surface area contributed by atoms with Crippen LogP contribution < -0.4 is 11.5 Å². The first-order chi connectivity index (χ1) is 18.3. The van der Waals surface area contributed by atoms with E-state index in [0.717, 1.165) is 32.1 Å². The number of rotatable bonds is 10. The summed E-state index contributed by atoms with van der Waals surface area (Å²) in [5, 5.41) is 0. The van der Waals surface area contributed by atoms with Crippen molar-refractivity contribution in [3.63, 3.8) is 0 Å². The molecule has 220 valence electrons. The molecular weight excluding hydrogens is 492 g/mol. The average molecular weight is 545 g/mol. The van der Waals surface area contributed by atoms with Crippen molar-refractivity contribution < 1.29 is 23.9 Å². The molecule has 4 fully saturated rings. The highest BCUT2D eigenvalue weighted by Gasteiger charge is 2.61. The van der Waals surface area contributed by atoms with Gasteiger partial charge >= 0.3 is 5.97 Å². The van der Waals surface area contributed by atoms with Crippen LogP contribution in [-0.2, 0) is 23.9 Å². The number of carbonyl (C=O) groups is 4. The van der Waals surface area contributed by atoms with Gasteiger partial charge in [-0.2, -0.15) is 0 Å². The van der Waals surface area contributed by atoms with Crippen LogP contribution in [0.5, 0.6) is 0 Å². The van der Waals surface area contributed by atoms with Crippen LogP contribution in [0.4, 0.5) is 0 Å². The number of hydrogen-bond acceptors (Lipinski definition) is 6. The molecule has 0 aromatic heterocycles. The van der Waals surface area contributed by atoms with E-state index in [2.05, 4.69) is 13.8 Å². The second kappa shape index (κ2) is 11.6. The largest absolute Gasteiger partial charge is 0.462 e. The quantitative estimate of drug-likeness (QED) is 0.374. The van der Waals surface area contributed by atoms with Gasteiger partial charge in [-0.15, -0.1) is 0 Å². The first-order valence-corrected chi connectivity index (χ1v) is 15.6. The molecule has 4 aliphatic rings. The van der Waals surface area contributed by atoms with Crippen LogP contribution in [0.25, 0.3) is 0 Å². The van der Waals surface area contributed by atoms with Crippen molar-refractivity contribution in [2.24, 2.45) is 63.7 Å². The zero-order valence-corrected chi connectivity index (χ0v) is 24.9. The van der Waals surface area contributed by atoms with Crippen molar-refractivity contribution in [2.45, 2.75) is 124 Å². The number of amides is 1. The summed E-state index contributed by atoms with van der Waals surface area (Å²) in [6.07, 6.45) is 10.1. The molecule has 0 spiro atoms. The maximum absolute atomic E-state index is 13.3. The van der Waals surface area contributed by atoms with Crippen molar-refractivity contribution in [2.75, 3.05) is 0 Å². The van der Waals surface area contributed by atoms with E-state index in [-0.39, 0.29) is 59.8 Å². The third kappa shape index (κ3) is 5.85. The Morgan fingerprint density at radius 1 is 0.923 bits per heavy atom. The Bertz CT molecular complexity index is 964. The Morgan fingerprint density at radius 3 is 2.23 bits per heavy atom. The first-order valence-electron chi connectivity index (χ1n) is 15.6. The average Bonchev–Trinajstić information content (AvgIpc) is 3.23. The molecule has 0 heterocycles. The fourth-order valence-corrected chi connectivity index (χ4v) is 9.66. The summed E-state index contributed by atoms with van der Waals surface area (Å²) in [6, 6.07) is -0.792. The second-order valence-electron chi connectivity index (χ2n) is 14.4. The molecule has 2 unspecified atom stereocenters. The predicted molar refractivity (Wildman–Crippen MR) is 150 cm³/mol. The van der Waals surface area contributed by atoms with Gasteiger partial charge < -0.3 is 16.2 Å². The van der Waals surface area contributed by atoms with Gasteiger partial charge in [0.1, 0.15) is 17.7 Å². The molecule has 0 aromatic rings. The van der Waals surface area contributed by atoms with Crippen LogP contribution in [-0.4, -0.2) is 35.6 Å². The minimum absolute atomic E-state index is 0.0372. The standard InChI is InChI=1S/C32H52N2O5/c1-18(2)23(17-28(36)27(33)10-11-29(34)37)30(38)39-21-12-14-31(4)20(16-21)6-7-22-25-9-8-24(19(3)35)32(25,5)15-13-26(22)31/h18,20-27H,6-17,33H2,1-5H3,(H2,34,37)/t20-,21?,22-,23?,24+,25-,26-,27-,31-,32+/m0/s1. The number of ether oxygens (including phenoxy) is 1. The molecule has 4 N–H and O–H groups in total. The van der Waals surface area contributed by atoms with E-state index in [1.54, 1.807) is 6.92 Å². The highest BCUT2D eigenvalue weighted by molar-refractivity contribution is 5.88. The number of Topliss-reactive ketones (excluding diaryl/α,β-unsaturated/α-hetero) is 2.